The average molecular weight is 397 g/mol. The van der Waals surface area contributed by atoms with Gasteiger partial charge in [-0.15, -0.1) is 22.7 Å². The van der Waals surface area contributed by atoms with Crippen molar-refractivity contribution in [3.63, 3.8) is 0 Å². The molecular formula is C19H15N3O3S2. The maximum atomic E-state index is 12.2. The smallest absolute Gasteiger partial charge is 0.312 e. The summed E-state index contributed by atoms with van der Waals surface area (Å²) in [7, 11) is 0. The Bertz CT molecular complexity index is 990. The van der Waals surface area contributed by atoms with Crippen LogP contribution in [0.15, 0.2) is 47.2 Å². The Hall–Kier alpha value is -3.02. The van der Waals surface area contributed by atoms with Crippen molar-refractivity contribution in [1.82, 2.24) is 4.98 Å². The van der Waals surface area contributed by atoms with Gasteiger partial charge >= 0.3 is 5.97 Å². The number of nitriles is 1. The van der Waals surface area contributed by atoms with Crippen LogP contribution < -0.4 is 5.32 Å². The van der Waals surface area contributed by atoms with Gasteiger partial charge in [0.15, 0.2) is 6.10 Å². The lowest BCUT2D eigenvalue weighted by molar-refractivity contribution is -0.152. The number of ether oxygens (including phenoxy) is 1. The largest absolute Gasteiger partial charge is 0.452 e. The number of rotatable bonds is 6. The Morgan fingerprint density at radius 3 is 2.81 bits per heavy atom. The molecule has 0 saturated carbocycles. The van der Waals surface area contributed by atoms with Crippen molar-refractivity contribution in [1.29, 1.82) is 5.26 Å². The molecular weight excluding hydrogens is 382 g/mol. The van der Waals surface area contributed by atoms with Crippen LogP contribution in [-0.2, 0) is 20.7 Å². The molecule has 0 aliphatic carbocycles. The monoisotopic (exact) mass is 397 g/mol. The van der Waals surface area contributed by atoms with Crippen LogP contribution in [0.25, 0.3) is 9.88 Å². The molecule has 0 saturated heterocycles. The lowest BCUT2D eigenvalue weighted by Gasteiger charge is -2.13. The molecule has 6 nitrogen and oxygen atoms in total. The average Bonchev–Trinajstić information content (AvgIpc) is 3.33. The van der Waals surface area contributed by atoms with E-state index in [1.807, 2.05) is 29.0 Å². The minimum Gasteiger partial charge on any atom is -0.452 e. The number of amides is 1. The number of esters is 1. The number of thiophene rings is 1. The predicted molar refractivity (Wildman–Crippen MR) is 104 cm³/mol. The molecule has 8 heteroatoms. The Balaban J connectivity index is 1.56. The van der Waals surface area contributed by atoms with Gasteiger partial charge in [0, 0.05) is 5.38 Å². The summed E-state index contributed by atoms with van der Waals surface area (Å²) in [6.45, 7) is 1.49. The Labute approximate surface area is 164 Å². The number of carbonyl (C=O) groups is 2. The van der Waals surface area contributed by atoms with E-state index in [0.29, 0.717) is 16.9 Å². The fraction of sp³-hybridized carbons (Fsp3) is 0.158. The van der Waals surface area contributed by atoms with Crippen molar-refractivity contribution < 1.29 is 14.3 Å². The summed E-state index contributed by atoms with van der Waals surface area (Å²) in [6, 6.07) is 12.5. The van der Waals surface area contributed by atoms with Gasteiger partial charge < -0.3 is 10.1 Å². The van der Waals surface area contributed by atoms with E-state index in [9.17, 15) is 9.59 Å². The number of hydrogen-bond acceptors (Lipinski definition) is 7. The summed E-state index contributed by atoms with van der Waals surface area (Å²) >= 11 is 3.04. The number of aromatic nitrogens is 1. The zero-order valence-electron chi connectivity index (χ0n) is 14.3. The molecule has 2 heterocycles. The molecule has 3 aromatic rings. The highest BCUT2D eigenvalue weighted by Crippen LogP contribution is 2.28. The second-order valence-corrected chi connectivity index (χ2v) is 7.38. The van der Waals surface area contributed by atoms with E-state index in [1.165, 1.54) is 18.3 Å². The second-order valence-electron chi connectivity index (χ2n) is 5.58. The van der Waals surface area contributed by atoms with Crippen LogP contribution in [0.3, 0.4) is 0 Å². The van der Waals surface area contributed by atoms with Crippen LogP contribution in [0.4, 0.5) is 5.69 Å². The summed E-state index contributed by atoms with van der Waals surface area (Å²) in [5, 5.41) is 16.3. The molecule has 2 aromatic heterocycles. The van der Waals surface area contributed by atoms with Gasteiger partial charge in [-0.25, -0.2) is 4.98 Å². The van der Waals surface area contributed by atoms with E-state index in [4.69, 9.17) is 10.00 Å². The summed E-state index contributed by atoms with van der Waals surface area (Å²) in [5.41, 5.74) is 1.33. The number of hydrogen-bond donors (Lipinski definition) is 1. The van der Waals surface area contributed by atoms with Gasteiger partial charge in [-0.1, -0.05) is 18.2 Å². The number of thiazole rings is 1. The molecule has 0 fully saturated rings. The summed E-state index contributed by atoms with van der Waals surface area (Å²) in [4.78, 5) is 29.8. The van der Waals surface area contributed by atoms with Gasteiger partial charge in [-0.3, -0.25) is 9.59 Å². The molecule has 3 rings (SSSR count). The van der Waals surface area contributed by atoms with Gasteiger partial charge in [0.1, 0.15) is 11.1 Å². The SMILES string of the molecule is C[C@H](OC(=O)Cc1csc(-c2cccs2)n1)C(=O)Nc1ccccc1C#N. The predicted octanol–water partition coefficient (Wildman–Crippen LogP) is 3.86. The lowest BCUT2D eigenvalue weighted by atomic mass is 10.2. The Morgan fingerprint density at radius 1 is 1.26 bits per heavy atom. The molecule has 0 spiro atoms. The number of carbonyl (C=O) groups excluding carboxylic acids is 2. The zero-order valence-corrected chi connectivity index (χ0v) is 16.0. The first-order valence-electron chi connectivity index (χ1n) is 8.04. The quantitative estimate of drug-likeness (QED) is 0.638. The van der Waals surface area contributed by atoms with Crippen molar-refractivity contribution in [2.75, 3.05) is 5.32 Å². The van der Waals surface area contributed by atoms with Gasteiger partial charge in [0.25, 0.3) is 5.91 Å². The van der Waals surface area contributed by atoms with Crippen molar-refractivity contribution in [3.05, 3.63) is 58.4 Å². The second kappa shape index (κ2) is 8.58. The topological polar surface area (TPSA) is 92.1 Å². The van der Waals surface area contributed by atoms with Gasteiger partial charge in [-0.2, -0.15) is 5.26 Å². The molecule has 0 aliphatic rings. The van der Waals surface area contributed by atoms with E-state index in [0.717, 1.165) is 9.88 Å². The fourth-order valence-electron chi connectivity index (χ4n) is 2.27. The first-order chi connectivity index (χ1) is 13.1. The van der Waals surface area contributed by atoms with E-state index >= 15 is 0 Å². The minimum atomic E-state index is -0.986. The molecule has 0 bridgehead atoms. The highest BCUT2D eigenvalue weighted by atomic mass is 32.1. The van der Waals surface area contributed by atoms with Gasteiger partial charge in [0.2, 0.25) is 0 Å². The Kier molecular flexibility index (Phi) is 5.96. The van der Waals surface area contributed by atoms with Crippen LogP contribution in [0.5, 0.6) is 0 Å². The molecule has 1 aromatic carbocycles. The lowest BCUT2D eigenvalue weighted by Crippen LogP contribution is -2.30. The zero-order chi connectivity index (χ0) is 19.2. The first-order valence-corrected chi connectivity index (χ1v) is 9.80. The van der Waals surface area contributed by atoms with E-state index in [2.05, 4.69) is 10.3 Å². The molecule has 1 atom stereocenters. The number of para-hydroxylation sites is 1. The Morgan fingerprint density at radius 2 is 2.07 bits per heavy atom. The third-order valence-corrected chi connectivity index (χ3v) is 5.52. The minimum absolute atomic E-state index is 0.00568. The van der Waals surface area contributed by atoms with Crippen molar-refractivity contribution in [2.24, 2.45) is 0 Å². The van der Waals surface area contributed by atoms with E-state index < -0.39 is 18.0 Å². The highest BCUT2D eigenvalue weighted by Gasteiger charge is 2.20. The van der Waals surface area contributed by atoms with Crippen LogP contribution in [0.2, 0.25) is 0 Å². The van der Waals surface area contributed by atoms with Gasteiger partial charge in [-0.05, 0) is 30.5 Å². The standard InChI is InChI=1S/C19H15N3O3S2/c1-12(18(24)22-15-6-3-2-5-13(15)10-20)25-17(23)9-14-11-27-19(21-14)16-7-4-8-26-16/h2-8,11-12H,9H2,1H3,(H,22,24)/t12-/m0/s1. The van der Waals surface area contributed by atoms with Crippen LogP contribution in [0.1, 0.15) is 18.2 Å². The van der Waals surface area contributed by atoms with Crippen molar-refractivity contribution in [2.45, 2.75) is 19.4 Å². The summed E-state index contributed by atoms with van der Waals surface area (Å²) < 4.78 is 5.20. The van der Waals surface area contributed by atoms with Crippen molar-refractivity contribution in [3.8, 4) is 16.0 Å². The summed E-state index contributed by atoms with van der Waals surface area (Å²) in [6.07, 6.45) is -0.992. The molecule has 136 valence electrons. The molecule has 27 heavy (non-hydrogen) atoms. The number of anilines is 1. The first kappa shape index (κ1) is 18.8. The van der Waals surface area contributed by atoms with Gasteiger partial charge in [0.05, 0.1) is 28.2 Å². The number of nitrogens with one attached hydrogen (secondary N) is 1. The fourth-order valence-corrected chi connectivity index (χ4v) is 3.90. The van der Waals surface area contributed by atoms with E-state index in [1.54, 1.807) is 35.6 Å². The third-order valence-electron chi connectivity index (χ3n) is 3.59. The number of benzene rings is 1. The van der Waals surface area contributed by atoms with Crippen LogP contribution >= 0.6 is 22.7 Å². The molecule has 0 unspecified atom stereocenters. The number of nitrogens with zero attached hydrogens (tertiary/aromatic N) is 2. The molecule has 1 amide bonds. The van der Waals surface area contributed by atoms with Crippen LogP contribution in [0, 0.1) is 11.3 Å². The third kappa shape index (κ3) is 4.78. The van der Waals surface area contributed by atoms with E-state index in [-0.39, 0.29) is 6.42 Å². The maximum Gasteiger partial charge on any atom is 0.312 e. The molecule has 0 radical (unpaired) electrons. The van der Waals surface area contributed by atoms with Crippen LogP contribution in [-0.4, -0.2) is 23.0 Å². The summed E-state index contributed by atoms with van der Waals surface area (Å²) in [5.74, 6) is -1.03. The normalized spacial score (nSPS) is 11.4. The van der Waals surface area contributed by atoms with Crippen molar-refractivity contribution >= 4 is 40.2 Å². The highest BCUT2D eigenvalue weighted by molar-refractivity contribution is 7.20. The molecule has 1 N–H and O–H groups in total. The maximum absolute atomic E-state index is 12.2. The molecule has 0 aliphatic heterocycles.